The van der Waals surface area contributed by atoms with Crippen LogP contribution in [0.5, 0.6) is 0 Å². The summed E-state index contributed by atoms with van der Waals surface area (Å²) in [6.07, 6.45) is 0. The van der Waals surface area contributed by atoms with Crippen LogP contribution in [0.15, 0.2) is 40.4 Å². The van der Waals surface area contributed by atoms with E-state index in [1.807, 2.05) is 25.1 Å². The smallest absolute Gasteiger partial charge is 0.174 e. The van der Waals surface area contributed by atoms with Crippen molar-refractivity contribution in [3.8, 4) is 0 Å². The molecule has 2 aromatic carbocycles. The molecule has 0 aliphatic carbocycles. The van der Waals surface area contributed by atoms with Gasteiger partial charge in [-0.1, -0.05) is 6.07 Å². The molecule has 0 atom stereocenters. The SMILES string of the molecule is Cc1ccc2nc(Sc3c(N)ccc(F)c3F)[nH]c2c1. The molecule has 0 unspecified atom stereocenters. The van der Waals surface area contributed by atoms with Gasteiger partial charge < -0.3 is 10.7 Å². The van der Waals surface area contributed by atoms with Crippen molar-refractivity contribution in [3.63, 3.8) is 0 Å². The first-order chi connectivity index (χ1) is 9.54. The Labute approximate surface area is 118 Å². The normalized spacial score (nSPS) is 11.2. The van der Waals surface area contributed by atoms with Crippen molar-refractivity contribution in [1.82, 2.24) is 9.97 Å². The first-order valence-corrected chi connectivity index (χ1v) is 6.74. The van der Waals surface area contributed by atoms with Crippen LogP contribution < -0.4 is 5.73 Å². The van der Waals surface area contributed by atoms with E-state index in [2.05, 4.69) is 9.97 Å². The summed E-state index contributed by atoms with van der Waals surface area (Å²) in [4.78, 5) is 7.43. The number of nitrogens with zero attached hydrogens (tertiary/aromatic N) is 1. The standard InChI is InChI=1S/C14H11F2N3S/c1-7-2-5-10-11(6-7)19-14(18-10)20-13-9(17)4-3-8(15)12(13)16/h2-6H,17H2,1H3,(H,18,19). The average molecular weight is 291 g/mol. The van der Waals surface area contributed by atoms with Gasteiger partial charge in [-0.25, -0.2) is 13.8 Å². The third kappa shape index (κ3) is 2.22. The third-order valence-corrected chi connectivity index (χ3v) is 3.90. The van der Waals surface area contributed by atoms with Gasteiger partial charge in [-0.15, -0.1) is 0 Å². The number of rotatable bonds is 2. The summed E-state index contributed by atoms with van der Waals surface area (Å²) in [5.74, 6) is -1.87. The molecule has 0 saturated heterocycles. The number of benzene rings is 2. The van der Waals surface area contributed by atoms with E-state index in [0.717, 1.165) is 34.4 Å². The molecule has 0 saturated carbocycles. The zero-order valence-electron chi connectivity index (χ0n) is 10.6. The van der Waals surface area contributed by atoms with Crippen LogP contribution >= 0.6 is 11.8 Å². The number of nitrogens with one attached hydrogen (secondary N) is 1. The number of nitrogens with two attached hydrogens (primary N) is 1. The monoisotopic (exact) mass is 291 g/mol. The lowest BCUT2D eigenvalue weighted by molar-refractivity contribution is 0.492. The number of aromatic amines is 1. The molecule has 0 amide bonds. The van der Waals surface area contributed by atoms with Crippen LogP contribution in [-0.2, 0) is 0 Å². The second-order valence-electron chi connectivity index (χ2n) is 4.44. The molecule has 0 bridgehead atoms. The minimum absolute atomic E-state index is 0.0424. The molecule has 0 spiro atoms. The van der Waals surface area contributed by atoms with E-state index in [1.54, 1.807) is 0 Å². The molecule has 3 nitrogen and oxygen atoms in total. The largest absolute Gasteiger partial charge is 0.398 e. The van der Waals surface area contributed by atoms with E-state index >= 15 is 0 Å². The molecule has 102 valence electrons. The molecule has 3 aromatic rings. The zero-order valence-corrected chi connectivity index (χ0v) is 11.4. The van der Waals surface area contributed by atoms with E-state index < -0.39 is 11.6 Å². The first-order valence-electron chi connectivity index (χ1n) is 5.92. The lowest BCUT2D eigenvalue weighted by atomic mass is 10.2. The molecule has 0 aliphatic rings. The van der Waals surface area contributed by atoms with Gasteiger partial charge in [0.2, 0.25) is 0 Å². The van der Waals surface area contributed by atoms with E-state index in [1.165, 1.54) is 6.07 Å². The predicted octanol–water partition coefficient (Wildman–Crippen LogP) is 3.88. The lowest BCUT2D eigenvalue weighted by Gasteiger charge is -2.04. The summed E-state index contributed by atoms with van der Waals surface area (Å²) in [6, 6.07) is 8.10. The van der Waals surface area contributed by atoms with Crippen LogP contribution in [0.2, 0.25) is 0 Å². The van der Waals surface area contributed by atoms with Crippen LogP contribution in [0.1, 0.15) is 5.56 Å². The fourth-order valence-electron chi connectivity index (χ4n) is 1.90. The highest BCUT2D eigenvalue weighted by Gasteiger charge is 2.15. The summed E-state index contributed by atoms with van der Waals surface area (Å²) in [5.41, 5.74) is 8.59. The number of hydrogen-bond acceptors (Lipinski definition) is 3. The Hall–Kier alpha value is -2.08. The van der Waals surface area contributed by atoms with Crippen molar-refractivity contribution in [3.05, 3.63) is 47.5 Å². The topological polar surface area (TPSA) is 54.7 Å². The Kier molecular flexibility index (Phi) is 3.10. The molecule has 6 heteroatoms. The lowest BCUT2D eigenvalue weighted by Crippen LogP contribution is -1.95. The van der Waals surface area contributed by atoms with Gasteiger partial charge in [-0.3, -0.25) is 0 Å². The second-order valence-corrected chi connectivity index (χ2v) is 5.44. The summed E-state index contributed by atoms with van der Waals surface area (Å²) in [5, 5.41) is 0.474. The van der Waals surface area contributed by atoms with Crippen LogP contribution in [0, 0.1) is 18.6 Å². The van der Waals surface area contributed by atoms with Gasteiger partial charge in [0.05, 0.1) is 15.9 Å². The van der Waals surface area contributed by atoms with Gasteiger partial charge in [0, 0.05) is 5.69 Å². The van der Waals surface area contributed by atoms with Crippen molar-refractivity contribution >= 4 is 28.5 Å². The van der Waals surface area contributed by atoms with Crippen molar-refractivity contribution in [2.45, 2.75) is 17.0 Å². The van der Waals surface area contributed by atoms with E-state index in [0.29, 0.717) is 5.16 Å². The molecule has 1 aromatic heterocycles. The van der Waals surface area contributed by atoms with Crippen molar-refractivity contribution in [2.24, 2.45) is 0 Å². The van der Waals surface area contributed by atoms with E-state index in [9.17, 15) is 8.78 Å². The fourth-order valence-corrected chi connectivity index (χ4v) is 2.77. The molecular formula is C14H11F2N3S. The number of imidazole rings is 1. The zero-order chi connectivity index (χ0) is 14.3. The number of aryl methyl sites for hydroxylation is 1. The number of aromatic nitrogens is 2. The summed E-state index contributed by atoms with van der Waals surface area (Å²) in [7, 11) is 0. The minimum Gasteiger partial charge on any atom is -0.398 e. The highest BCUT2D eigenvalue weighted by atomic mass is 32.2. The van der Waals surface area contributed by atoms with Crippen LogP contribution in [-0.4, -0.2) is 9.97 Å². The predicted molar refractivity (Wildman–Crippen MR) is 75.7 cm³/mol. The molecule has 20 heavy (non-hydrogen) atoms. The Morgan fingerprint density at radius 3 is 2.80 bits per heavy atom. The molecule has 0 radical (unpaired) electrons. The van der Waals surface area contributed by atoms with E-state index in [-0.39, 0.29) is 10.6 Å². The van der Waals surface area contributed by atoms with Crippen LogP contribution in [0.3, 0.4) is 0 Å². The Morgan fingerprint density at radius 1 is 1.20 bits per heavy atom. The number of hydrogen-bond donors (Lipinski definition) is 2. The second kappa shape index (κ2) is 4.79. The number of H-pyrrole nitrogens is 1. The van der Waals surface area contributed by atoms with Crippen molar-refractivity contribution in [1.29, 1.82) is 0 Å². The molecule has 3 rings (SSSR count). The molecule has 3 N–H and O–H groups in total. The molecular weight excluding hydrogens is 280 g/mol. The van der Waals surface area contributed by atoms with Crippen LogP contribution in [0.25, 0.3) is 11.0 Å². The van der Waals surface area contributed by atoms with Gasteiger partial charge in [0.1, 0.15) is 0 Å². The van der Waals surface area contributed by atoms with Gasteiger partial charge in [-0.05, 0) is 48.5 Å². The number of nitrogen functional groups attached to an aromatic ring is 1. The van der Waals surface area contributed by atoms with Crippen molar-refractivity contribution < 1.29 is 8.78 Å². The van der Waals surface area contributed by atoms with Gasteiger partial charge in [0.25, 0.3) is 0 Å². The maximum atomic E-state index is 13.8. The molecule has 0 aliphatic heterocycles. The number of anilines is 1. The summed E-state index contributed by atoms with van der Waals surface area (Å²) < 4.78 is 27.0. The quantitative estimate of drug-likeness (QED) is 0.704. The number of fused-ring (bicyclic) bond motifs is 1. The average Bonchev–Trinajstić information content (AvgIpc) is 2.81. The molecule has 0 fully saturated rings. The fraction of sp³-hybridized carbons (Fsp3) is 0.0714. The molecule has 1 heterocycles. The minimum atomic E-state index is -0.952. The number of halogens is 2. The van der Waals surface area contributed by atoms with Gasteiger partial charge >= 0.3 is 0 Å². The third-order valence-electron chi connectivity index (χ3n) is 2.89. The summed E-state index contributed by atoms with van der Waals surface area (Å²) in [6.45, 7) is 1.97. The Morgan fingerprint density at radius 2 is 2.00 bits per heavy atom. The summed E-state index contributed by atoms with van der Waals surface area (Å²) >= 11 is 0.980. The highest BCUT2D eigenvalue weighted by Crippen LogP contribution is 2.34. The first kappa shape index (κ1) is 12.9. The van der Waals surface area contributed by atoms with E-state index in [4.69, 9.17) is 5.73 Å². The van der Waals surface area contributed by atoms with Crippen molar-refractivity contribution in [2.75, 3.05) is 5.73 Å². The maximum Gasteiger partial charge on any atom is 0.174 e. The Bertz CT molecular complexity index is 798. The maximum absolute atomic E-state index is 13.8. The Balaban J connectivity index is 2.03. The van der Waals surface area contributed by atoms with Gasteiger partial charge in [-0.2, -0.15) is 0 Å². The highest BCUT2D eigenvalue weighted by molar-refractivity contribution is 7.99. The van der Waals surface area contributed by atoms with Gasteiger partial charge in [0.15, 0.2) is 16.8 Å². The van der Waals surface area contributed by atoms with Crippen LogP contribution in [0.4, 0.5) is 14.5 Å².